The fourth-order valence-electron chi connectivity index (χ4n) is 4.65. The molecule has 0 radical (unpaired) electrons. The molecule has 2 amide bonds. The first-order chi connectivity index (χ1) is 17.4. The number of ether oxygens (including phenoxy) is 4. The van der Waals surface area contributed by atoms with E-state index >= 15 is 0 Å². The molecule has 4 heterocycles. The molecule has 37 heavy (non-hydrogen) atoms. The number of hydrogen-bond donors (Lipinski definition) is 9. The van der Waals surface area contributed by atoms with Crippen LogP contribution in [0.3, 0.4) is 0 Å². The zero-order valence-corrected chi connectivity index (χ0v) is 18.8. The van der Waals surface area contributed by atoms with Crippen LogP contribution in [0.15, 0.2) is 15.8 Å². The minimum Gasteiger partial charge on any atom is -0.479 e. The molecule has 1 aromatic rings. The summed E-state index contributed by atoms with van der Waals surface area (Å²) in [7, 11) is 0. The molecule has 0 unspecified atom stereocenters. The van der Waals surface area contributed by atoms with Crippen molar-refractivity contribution in [3.8, 4) is 0 Å². The molecule has 0 bridgehead atoms. The number of primary amides is 1. The second-order valence-corrected chi connectivity index (χ2v) is 8.76. The highest BCUT2D eigenvalue weighted by Gasteiger charge is 2.60. The number of aromatic nitrogens is 2. The van der Waals surface area contributed by atoms with Crippen molar-refractivity contribution in [2.45, 2.75) is 73.6 Å². The van der Waals surface area contributed by atoms with E-state index in [4.69, 9.17) is 30.4 Å². The van der Waals surface area contributed by atoms with Gasteiger partial charge in [0, 0.05) is 18.7 Å². The van der Waals surface area contributed by atoms with E-state index in [9.17, 15) is 44.4 Å². The van der Waals surface area contributed by atoms with Crippen LogP contribution in [-0.4, -0.2) is 109 Å². The Hall–Kier alpha value is -3.39. The Balaban J connectivity index is 1.68. The van der Waals surface area contributed by atoms with Crippen LogP contribution in [0, 0.1) is 0 Å². The van der Waals surface area contributed by atoms with E-state index in [0.717, 1.165) is 6.20 Å². The number of fused-ring (bicyclic) bond motifs is 1. The normalized spacial score (nSPS) is 39.5. The number of aliphatic carboxylic acids is 2. The summed E-state index contributed by atoms with van der Waals surface area (Å²) in [5, 5.41) is 42.7. The highest BCUT2D eigenvalue weighted by atomic mass is 16.7. The minimum absolute atomic E-state index is 0.228. The van der Waals surface area contributed by atoms with Crippen LogP contribution in [0.4, 0.5) is 4.79 Å². The van der Waals surface area contributed by atoms with Crippen LogP contribution in [0.2, 0.25) is 0 Å². The summed E-state index contributed by atoms with van der Waals surface area (Å²) in [6.07, 6.45) is -13.7. The number of nitrogens with two attached hydrogens (primary N) is 2. The summed E-state index contributed by atoms with van der Waals surface area (Å²) in [5.41, 5.74) is 9.11. The lowest BCUT2D eigenvalue weighted by Gasteiger charge is -2.45. The summed E-state index contributed by atoms with van der Waals surface area (Å²) >= 11 is 0. The summed E-state index contributed by atoms with van der Waals surface area (Å²) in [4.78, 5) is 63.2. The van der Waals surface area contributed by atoms with Gasteiger partial charge in [-0.05, 0) is 0 Å². The van der Waals surface area contributed by atoms with Crippen LogP contribution in [0.5, 0.6) is 0 Å². The Morgan fingerprint density at radius 2 is 1.76 bits per heavy atom. The van der Waals surface area contributed by atoms with Gasteiger partial charge in [0.1, 0.15) is 36.6 Å². The molecule has 0 spiro atoms. The zero-order valence-electron chi connectivity index (χ0n) is 18.8. The molecule has 4 rings (SSSR count). The second-order valence-electron chi connectivity index (χ2n) is 8.76. The van der Waals surface area contributed by atoms with Gasteiger partial charge in [-0.25, -0.2) is 19.2 Å². The predicted octanol–water partition coefficient (Wildman–Crippen LogP) is -4.97. The number of carboxylic acids is 2. The van der Waals surface area contributed by atoms with Crippen molar-refractivity contribution >= 4 is 18.0 Å². The molecule has 3 aliphatic heterocycles. The lowest BCUT2D eigenvalue weighted by atomic mass is 9.90. The van der Waals surface area contributed by atoms with Crippen molar-refractivity contribution in [1.82, 2.24) is 15.3 Å². The first kappa shape index (κ1) is 26.7. The summed E-state index contributed by atoms with van der Waals surface area (Å²) in [6.45, 7) is 0. The summed E-state index contributed by atoms with van der Waals surface area (Å²) in [5.74, 6) is -3.03. The Bertz CT molecular complexity index is 1170. The van der Waals surface area contributed by atoms with E-state index in [1.165, 1.54) is 0 Å². The first-order valence-electron chi connectivity index (χ1n) is 11.0. The van der Waals surface area contributed by atoms with Crippen LogP contribution >= 0.6 is 0 Å². The molecule has 18 heteroatoms. The van der Waals surface area contributed by atoms with Gasteiger partial charge in [0.15, 0.2) is 18.5 Å². The van der Waals surface area contributed by atoms with Crippen molar-refractivity contribution in [3.63, 3.8) is 0 Å². The number of H-pyrrole nitrogens is 2. The number of urea groups is 1. The Morgan fingerprint density at radius 3 is 2.35 bits per heavy atom. The number of carbonyl (C=O) groups is 3. The number of aliphatic hydroxyl groups excluding tert-OH is 2. The molecule has 11 atom stereocenters. The lowest BCUT2D eigenvalue weighted by molar-refractivity contribution is -0.293. The predicted molar refractivity (Wildman–Crippen MR) is 114 cm³/mol. The monoisotopic (exact) mass is 531 g/mol. The number of aromatic amines is 2. The van der Waals surface area contributed by atoms with Crippen molar-refractivity contribution in [3.05, 3.63) is 32.6 Å². The smallest absolute Gasteiger partial charge is 0.335 e. The fraction of sp³-hybridized carbons (Fsp3) is 0.632. The SMILES string of the molecule is NC(=O)N[C@H]1[C@H]2O[C@H](c3c[nH]c(=O)[nH]c3=O)[C@H](O)[C@@H]2O[C@H](C(=O)O)[C@@H]1O[C@@H]1O[C@H](C(=O)O)C[C@@H](N)[C@H]1O. The van der Waals surface area contributed by atoms with Gasteiger partial charge in [-0.15, -0.1) is 0 Å². The van der Waals surface area contributed by atoms with Gasteiger partial charge in [-0.3, -0.25) is 9.78 Å². The van der Waals surface area contributed by atoms with Crippen molar-refractivity contribution in [2.75, 3.05) is 0 Å². The lowest BCUT2D eigenvalue weighted by Crippen LogP contribution is -2.68. The third kappa shape index (κ3) is 5.07. The first-order valence-corrected chi connectivity index (χ1v) is 11.0. The molecule has 3 aliphatic rings. The number of hydrogen-bond acceptors (Lipinski definition) is 12. The summed E-state index contributed by atoms with van der Waals surface area (Å²) < 4.78 is 22.2. The molecule has 0 aromatic carbocycles. The fourth-order valence-corrected chi connectivity index (χ4v) is 4.65. The summed E-state index contributed by atoms with van der Waals surface area (Å²) in [6, 6.07) is -3.75. The van der Waals surface area contributed by atoms with Gasteiger partial charge in [0.2, 0.25) is 0 Å². The highest BCUT2D eigenvalue weighted by molar-refractivity contribution is 5.75. The maximum atomic E-state index is 12.3. The molecule has 204 valence electrons. The quantitative estimate of drug-likeness (QED) is 0.166. The van der Waals surface area contributed by atoms with E-state index in [1.54, 1.807) is 0 Å². The van der Waals surface area contributed by atoms with E-state index in [0.29, 0.717) is 0 Å². The maximum Gasteiger partial charge on any atom is 0.335 e. The topological polar surface area (TPSA) is 299 Å². The van der Waals surface area contributed by atoms with Gasteiger partial charge in [0.05, 0.1) is 11.6 Å². The van der Waals surface area contributed by atoms with E-state index < -0.39 is 96.4 Å². The number of aliphatic hydroxyl groups is 2. The molecule has 0 saturated carbocycles. The molecular weight excluding hydrogens is 506 g/mol. The van der Waals surface area contributed by atoms with Crippen molar-refractivity contribution < 1.29 is 53.8 Å². The molecule has 3 fully saturated rings. The minimum atomic E-state index is -1.93. The standard InChI is InChI=1S/C19H25N5O13/c20-4-1-5(15(28)29)34-17(7(4)25)37-11-6(23-18(21)32)10-12(36-13(11)16(30)31)8(26)9(35-10)3-2-22-19(33)24-14(3)27/h2,4-13,17,25-26H,1,20H2,(H,28,29)(H,30,31)(H3,21,23,32)(H2,22,24,27,33)/t4-,5+,6+,7-,8+,9-,10-,11-,12+,13+,17+/m1/s1. The molecule has 18 nitrogen and oxygen atoms in total. The van der Waals surface area contributed by atoms with Crippen LogP contribution < -0.4 is 28.0 Å². The maximum absolute atomic E-state index is 12.3. The molecule has 0 aliphatic carbocycles. The third-order valence-corrected chi connectivity index (χ3v) is 6.36. The number of amides is 2. The average molecular weight is 531 g/mol. The van der Waals surface area contributed by atoms with E-state index in [-0.39, 0.29) is 12.0 Å². The number of nitrogens with one attached hydrogen (secondary N) is 3. The van der Waals surface area contributed by atoms with E-state index in [2.05, 4.69) is 10.3 Å². The second kappa shape index (κ2) is 10.2. The van der Waals surface area contributed by atoms with Gasteiger partial charge in [-0.2, -0.15) is 0 Å². The largest absolute Gasteiger partial charge is 0.479 e. The van der Waals surface area contributed by atoms with Gasteiger partial charge >= 0.3 is 23.7 Å². The number of carbonyl (C=O) groups excluding carboxylic acids is 1. The van der Waals surface area contributed by atoms with Gasteiger partial charge < -0.3 is 61.1 Å². The molecule has 3 saturated heterocycles. The number of rotatable bonds is 6. The van der Waals surface area contributed by atoms with Gasteiger partial charge in [0.25, 0.3) is 5.56 Å². The van der Waals surface area contributed by atoms with Crippen LogP contribution in [-0.2, 0) is 28.5 Å². The third-order valence-electron chi connectivity index (χ3n) is 6.36. The van der Waals surface area contributed by atoms with Crippen molar-refractivity contribution in [1.29, 1.82) is 0 Å². The Kier molecular flexibility index (Phi) is 7.33. The number of carboxylic acid groups (broad SMARTS) is 2. The van der Waals surface area contributed by atoms with Crippen LogP contribution in [0.25, 0.3) is 0 Å². The zero-order chi connectivity index (χ0) is 27.2. The van der Waals surface area contributed by atoms with Crippen molar-refractivity contribution in [2.24, 2.45) is 11.5 Å². The average Bonchev–Trinajstić information content (AvgIpc) is 3.13. The molecular formula is C19H25N5O13. The van der Waals surface area contributed by atoms with E-state index in [1.807, 2.05) is 4.98 Å². The molecule has 11 N–H and O–H groups in total. The van der Waals surface area contributed by atoms with Gasteiger partial charge in [-0.1, -0.05) is 0 Å². The highest BCUT2D eigenvalue weighted by Crippen LogP contribution is 2.41. The Labute approximate surface area is 205 Å². The Morgan fingerprint density at radius 1 is 1.05 bits per heavy atom. The molecule has 1 aromatic heterocycles. The van der Waals surface area contributed by atoms with Crippen LogP contribution in [0.1, 0.15) is 18.1 Å².